The van der Waals surface area contributed by atoms with Gasteiger partial charge in [-0.25, -0.2) is 4.68 Å². The van der Waals surface area contributed by atoms with Crippen molar-refractivity contribution >= 4 is 23.4 Å². The van der Waals surface area contributed by atoms with Crippen LogP contribution in [0.4, 0.5) is 5.69 Å². The van der Waals surface area contributed by atoms with Crippen molar-refractivity contribution in [3.05, 3.63) is 36.2 Å². The Morgan fingerprint density at radius 2 is 2.00 bits per heavy atom. The van der Waals surface area contributed by atoms with Crippen LogP contribution in [0.1, 0.15) is 57.7 Å². The third-order valence-electron chi connectivity index (χ3n) is 6.89. The van der Waals surface area contributed by atoms with Crippen molar-refractivity contribution in [2.75, 3.05) is 18.5 Å². The van der Waals surface area contributed by atoms with E-state index in [0.717, 1.165) is 18.5 Å². The van der Waals surface area contributed by atoms with E-state index in [1.807, 2.05) is 27.0 Å². The van der Waals surface area contributed by atoms with Crippen molar-refractivity contribution in [1.29, 1.82) is 0 Å². The second kappa shape index (κ2) is 9.20. The molecule has 36 heavy (non-hydrogen) atoms. The van der Waals surface area contributed by atoms with Crippen LogP contribution in [-0.4, -0.2) is 74.1 Å². The average Bonchev–Trinajstić information content (AvgIpc) is 3.47. The molecular weight excluding hydrogens is 464 g/mol. The first-order valence-electron chi connectivity index (χ1n) is 12.3. The van der Waals surface area contributed by atoms with E-state index in [9.17, 15) is 19.5 Å². The molecule has 1 saturated carbocycles. The Morgan fingerprint density at radius 1 is 1.25 bits per heavy atom. The minimum absolute atomic E-state index is 0.0203. The molecule has 2 aliphatic heterocycles. The predicted molar refractivity (Wildman–Crippen MR) is 129 cm³/mol. The molecule has 1 unspecified atom stereocenters. The largest absolute Gasteiger partial charge is 0.489 e. The fourth-order valence-corrected chi connectivity index (χ4v) is 4.87. The maximum atomic E-state index is 13.9. The van der Waals surface area contributed by atoms with Gasteiger partial charge in [0.2, 0.25) is 11.8 Å². The first kappa shape index (κ1) is 24.2. The van der Waals surface area contributed by atoms with Crippen LogP contribution in [0.3, 0.4) is 0 Å². The number of aliphatic hydroxyl groups excluding tert-OH is 1. The molecule has 3 aliphatic rings. The normalized spacial score (nSPS) is 24.8. The summed E-state index contributed by atoms with van der Waals surface area (Å²) in [5.74, 6) is -0.338. The predicted octanol–water partition coefficient (Wildman–Crippen LogP) is 1.22. The molecule has 2 fully saturated rings. The number of anilines is 1. The molecule has 11 heteroatoms. The number of para-hydroxylation sites is 2. The lowest BCUT2D eigenvalue weighted by atomic mass is 9.85. The Balaban J connectivity index is 1.33. The number of β-amino-alcohol motifs (C(OH)–C–C–N with tert-alkyl or cyclic N) is 1. The lowest BCUT2D eigenvalue weighted by Crippen LogP contribution is -2.54. The number of nitrogens with zero attached hydrogens (tertiary/aromatic N) is 4. The summed E-state index contributed by atoms with van der Waals surface area (Å²) in [6.45, 7) is 5.76. The molecule has 1 aromatic heterocycles. The SMILES string of the molecule is CC(C)(C)[C@@H](C(=O)N1C[C@H](O)C[C@H]1C(=O)NC1COc2ccccc2NC1=O)n1cc(C2CC2)nn1. The summed E-state index contributed by atoms with van der Waals surface area (Å²) in [6.07, 6.45) is 3.17. The highest BCUT2D eigenvalue weighted by molar-refractivity contribution is 6.00. The van der Waals surface area contributed by atoms with E-state index >= 15 is 0 Å². The van der Waals surface area contributed by atoms with Gasteiger partial charge in [0.1, 0.15) is 30.5 Å². The number of carbonyl (C=O) groups excluding carboxylic acids is 3. The van der Waals surface area contributed by atoms with Crippen LogP contribution in [0.2, 0.25) is 0 Å². The highest BCUT2D eigenvalue weighted by atomic mass is 16.5. The van der Waals surface area contributed by atoms with Gasteiger partial charge in [0, 0.05) is 25.1 Å². The first-order valence-corrected chi connectivity index (χ1v) is 12.3. The minimum atomic E-state index is -0.950. The van der Waals surface area contributed by atoms with E-state index in [-0.39, 0.29) is 25.5 Å². The van der Waals surface area contributed by atoms with E-state index in [0.29, 0.717) is 17.4 Å². The van der Waals surface area contributed by atoms with E-state index in [1.165, 1.54) is 4.90 Å². The number of aliphatic hydroxyl groups is 1. The Hall–Kier alpha value is -3.47. The van der Waals surface area contributed by atoms with Crippen molar-refractivity contribution in [2.45, 2.75) is 70.2 Å². The van der Waals surface area contributed by atoms with Gasteiger partial charge >= 0.3 is 0 Å². The standard InChI is InChI=1S/C25H32N6O5/c1-25(2,3)21(31-12-17(28-29-31)14-8-9-14)24(35)30-11-15(32)10-19(30)23(34)27-18-13-36-20-7-5-4-6-16(20)26-22(18)33/h4-7,12,14-15,18-19,21,32H,8-11,13H2,1-3H3,(H,26,33)(H,27,34)/t15-,18?,19+,21-/m1/s1. The fraction of sp³-hybridized carbons (Fsp3) is 0.560. The van der Waals surface area contributed by atoms with Gasteiger partial charge in [0.25, 0.3) is 5.91 Å². The van der Waals surface area contributed by atoms with Crippen LogP contribution >= 0.6 is 0 Å². The molecule has 1 saturated heterocycles. The number of fused-ring (bicyclic) bond motifs is 1. The molecule has 3 heterocycles. The van der Waals surface area contributed by atoms with Crippen molar-refractivity contribution in [1.82, 2.24) is 25.2 Å². The number of nitrogens with one attached hydrogen (secondary N) is 2. The zero-order valence-corrected chi connectivity index (χ0v) is 20.7. The smallest absolute Gasteiger partial charge is 0.250 e. The second-order valence-corrected chi connectivity index (χ2v) is 10.9. The molecule has 0 radical (unpaired) electrons. The highest BCUT2D eigenvalue weighted by Crippen LogP contribution is 2.40. The molecule has 3 amide bonds. The molecule has 2 aromatic rings. The monoisotopic (exact) mass is 496 g/mol. The molecule has 4 atom stereocenters. The average molecular weight is 497 g/mol. The molecular formula is C25H32N6O5. The molecule has 1 aromatic carbocycles. The van der Waals surface area contributed by atoms with Gasteiger partial charge in [-0.15, -0.1) is 5.10 Å². The number of amides is 3. The van der Waals surface area contributed by atoms with Crippen LogP contribution in [-0.2, 0) is 14.4 Å². The summed E-state index contributed by atoms with van der Waals surface area (Å²) in [6, 6.07) is 4.44. The van der Waals surface area contributed by atoms with Gasteiger partial charge in [-0.3, -0.25) is 14.4 Å². The molecule has 3 N–H and O–H groups in total. The second-order valence-electron chi connectivity index (χ2n) is 10.9. The lowest BCUT2D eigenvalue weighted by molar-refractivity contribution is -0.144. The summed E-state index contributed by atoms with van der Waals surface area (Å²) in [5.41, 5.74) is 0.868. The van der Waals surface area contributed by atoms with Gasteiger partial charge in [0.15, 0.2) is 0 Å². The van der Waals surface area contributed by atoms with Crippen LogP contribution < -0.4 is 15.4 Å². The molecule has 192 valence electrons. The van der Waals surface area contributed by atoms with Gasteiger partial charge in [0.05, 0.1) is 17.5 Å². The highest BCUT2D eigenvalue weighted by Gasteiger charge is 2.46. The van der Waals surface area contributed by atoms with Gasteiger partial charge in [-0.1, -0.05) is 38.1 Å². The quantitative estimate of drug-likeness (QED) is 0.566. The summed E-state index contributed by atoms with van der Waals surface area (Å²) in [4.78, 5) is 41.3. The Kier molecular flexibility index (Phi) is 6.19. The van der Waals surface area contributed by atoms with E-state index in [4.69, 9.17) is 4.74 Å². The van der Waals surface area contributed by atoms with Crippen LogP contribution in [0.5, 0.6) is 5.75 Å². The third-order valence-corrected chi connectivity index (χ3v) is 6.89. The van der Waals surface area contributed by atoms with Gasteiger partial charge in [-0.05, 0) is 30.4 Å². The number of benzene rings is 1. The van der Waals surface area contributed by atoms with Gasteiger partial charge < -0.3 is 25.4 Å². The Morgan fingerprint density at radius 3 is 2.72 bits per heavy atom. The summed E-state index contributed by atoms with van der Waals surface area (Å²) >= 11 is 0. The minimum Gasteiger partial charge on any atom is -0.489 e. The van der Waals surface area contributed by atoms with Crippen molar-refractivity contribution in [2.24, 2.45) is 5.41 Å². The zero-order valence-electron chi connectivity index (χ0n) is 20.7. The zero-order chi connectivity index (χ0) is 25.6. The van der Waals surface area contributed by atoms with Crippen molar-refractivity contribution in [3.8, 4) is 5.75 Å². The molecule has 11 nitrogen and oxygen atoms in total. The summed E-state index contributed by atoms with van der Waals surface area (Å²) in [7, 11) is 0. The number of ether oxygens (including phenoxy) is 1. The fourth-order valence-electron chi connectivity index (χ4n) is 4.87. The van der Waals surface area contributed by atoms with E-state index in [1.54, 1.807) is 28.9 Å². The van der Waals surface area contributed by atoms with Crippen molar-refractivity contribution < 1.29 is 24.2 Å². The molecule has 0 bridgehead atoms. The number of rotatable bonds is 5. The first-order chi connectivity index (χ1) is 17.1. The van der Waals surface area contributed by atoms with E-state index in [2.05, 4.69) is 20.9 Å². The Labute approximate surface area is 209 Å². The summed E-state index contributed by atoms with van der Waals surface area (Å²) < 4.78 is 7.29. The molecule has 5 rings (SSSR count). The van der Waals surface area contributed by atoms with Gasteiger partial charge in [-0.2, -0.15) is 0 Å². The lowest BCUT2D eigenvalue weighted by Gasteiger charge is -2.34. The van der Waals surface area contributed by atoms with Crippen LogP contribution in [0.15, 0.2) is 30.5 Å². The van der Waals surface area contributed by atoms with Crippen LogP contribution in [0, 0.1) is 5.41 Å². The topological polar surface area (TPSA) is 139 Å². The number of carbonyl (C=O) groups is 3. The maximum absolute atomic E-state index is 13.9. The number of aromatic nitrogens is 3. The molecule has 1 aliphatic carbocycles. The van der Waals surface area contributed by atoms with Crippen LogP contribution in [0.25, 0.3) is 0 Å². The number of hydrogen-bond donors (Lipinski definition) is 3. The van der Waals surface area contributed by atoms with E-state index < -0.39 is 41.5 Å². The summed E-state index contributed by atoms with van der Waals surface area (Å²) in [5, 5.41) is 24.4. The van der Waals surface area contributed by atoms with Crippen molar-refractivity contribution in [3.63, 3.8) is 0 Å². The maximum Gasteiger partial charge on any atom is 0.250 e. The third kappa shape index (κ3) is 4.79. The molecule has 0 spiro atoms. The number of likely N-dealkylation sites (tertiary alicyclic amines) is 1. The Bertz CT molecular complexity index is 1170. The number of hydrogen-bond acceptors (Lipinski definition) is 7.